The van der Waals surface area contributed by atoms with Gasteiger partial charge in [-0.15, -0.1) is 0 Å². The van der Waals surface area contributed by atoms with Gasteiger partial charge in [0, 0.05) is 10.6 Å². The number of hydrogen-bond acceptors (Lipinski definition) is 2. The van der Waals surface area contributed by atoms with Crippen LogP contribution in [0.3, 0.4) is 0 Å². The molecular formula is C13H18N4O. The summed E-state index contributed by atoms with van der Waals surface area (Å²) in [4.78, 5) is 14.4. The average Bonchev–Trinajstić information content (AvgIpc) is 2.36. The third-order valence-corrected chi connectivity index (χ3v) is 2.73. The van der Waals surface area contributed by atoms with E-state index in [1.807, 2.05) is 24.3 Å². The van der Waals surface area contributed by atoms with Crippen LogP contribution in [0, 0.1) is 0 Å². The number of azide groups is 1. The predicted molar refractivity (Wildman–Crippen MR) is 72.4 cm³/mol. The Hall–Kier alpha value is -2.00. The molecule has 0 saturated heterocycles. The van der Waals surface area contributed by atoms with E-state index in [1.54, 1.807) is 6.92 Å². The van der Waals surface area contributed by atoms with Gasteiger partial charge in [0.15, 0.2) is 0 Å². The Bertz CT molecular complexity index is 447. The summed E-state index contributed by atoms with van der Waals surface area (Å²) in [5, 5.41) is 6.19. The summed E-state index contributed by atoms with van der Waals surface area (Å²) in [5.41, 5.74) is 10.3. The van der Waals surface area contributed by atoms with Gasteiger partial charge >= 0.3 is 0 Å². The second-order valence-corrected chi connectivity index (χ2v) is 4.39. The summed E-state index contributed by atoms with van der Waals surface area (Å²) >= 11 is 0. The summed E-state index contributed by atoms with van der Waals surface area (Å²) in [6.07, 6.45) is 0.486. The van der Waals surface area contributed by atoms with Crippen molar-refractivity contribution < 1.29 is 4.79 Å². The first-order valence-electron chi connectivity index (χ1n) is 6.03. The molecule has 18 heavy (non-hydrogen) atoms. The van der Waals surface area contributed by atoms with Gasteiger partial charge in [-0.05, 0) is 35.6 Å². The van der Waals surface area contributed by atoms with Crippen LogP contribution in [0.25, 0.3) is 10.4 Å². The van der Waals surface area contributed by atoms with E-state index < -0.39 is 6.04 Å². The average molecular weight is 246 g/mol. The lowest BCUT2D eigenvalue weighted by Crippen LogP contribution is -2.25. The fraction of sp³-hybridized carbons (Fsp3) is 0.462. The molecular weight excluding hydrogens is 228 g/mol. The molecule has 5 nitrogen and oxygen atoms in total. The number of anilines is 1. The van der Waals surface area contributed by atoms with Gasteiger partial charge in [-0.1, -0.05) is 38.0 Å². The van der Waals surface area contributed by atoms with Crippen LogP contribution >= 0.6 is 0 Å². The van der Waals surface area contributed by atoms with Gasteiger partial charge in [-0.25, -0.2) is 0 Å². The Morgan fingerprint density at radius 3 is 2.44 bits per heavy atom. The molecule has 0 aliphatic heterocycles. The molecule has 1 rings (SSSR count). The minimum Gasteiger partial charge on any atom is -0.326 e. The number of carbonyl (C=O) groups is 1. The highest BCUT2D eigenvalue weighted by molar-refractivity contribution is 5.94. The SMILES string of the molecule is CCC(N=[N+]=[N-])C(=O)Nc1ccc(C(C)C)cc1. The van der Waals surface area contributed by atoms with Gasteiger partial charge in [0.25, 0.3) is 0 Å². The predicted octanol–water partition coefficient (Wildman–Crippen LogP) is 3.84. The molecule has 0 aromatic heterocycles. The Labute approximate surface area is 107 Å². The molecule has 0 fully saturated rings. The second-order valence-electron chi connectivity index (χ2n) is 4.39. The number of amides is 1. The molecule has 0 bridgehead atoms. The van der Waals surface area contributed by atoms with Gasteiger partial charge in [-0.2, -0.15) is 0 Å². The first-order chi connectivity index (χ1) is 8.58. The molecule has 0 saturated carbocycles. The van der Waals surface area contributed by atoms with E-state index in [0.29, 0.717) is 12.3 Å². The Morgan fingerprint density at radius 2 is 2.00 bits per heavy atom. The lowest BCUT2D eigenvalue weighted by molar-refractivity contribution is -0.117. The molecule has 0 heterocycles. The quantitative estimate of drug-likeness (QED) is 0.478. The third-order valence-electron chi connectivity index (χ3n) is 2.73. The Balaban J connectivity index is 2.72. The highest BCUT2D eigenvalue weighted by atomic mass is 16.2. The summed E-state index contributed by atoms with van der Waals surface area (Å²) in [5.74, 6) is 0.189. The highest BCUT2D eigenvalue weighted by Gasteiger charge is 2.14. The molecule has 96 valence electrons. The number of benzene rings is 1. The standard InChI is InChI=1S/C13H18N4O/c1-4-12(16-17-14)13(18)15-11-7-5-10(6-8-11)9(2)3/h5-9,12H,4H2,1-3H3,(H,15,18). The number of carbonyl (C=O) groups excluding carboxylic acids is 1. The molecule has 1 amide bonds. The number of hydrogen-bond donors (Lipinski definition) is 1. The lowest BCUT2D eigenvalue weighted by atomic mass is 10.0. The van der Waals surface area contributed by atoms with Gasteiger partial charge < -0.3 is 5.32 Å². The number of rotatable bonds is 5. The summed E-state index contributed by atoms with van der Waals surface area (Å²) in [6, 6.07) is 7.02. The van der Waals surface area contributed by atoms with Crippen LogP contribution in [0.2, 0.25) is 0 Å². The molecule has 5 heteroatoms. The van der Waals surface area contributed by atoms with Crippen molar-refractivity contribution in [3.05, 3.63) is 40.3 Å². The van der Waals surface area contributed by atoms with E-state index in [9.17, 15) is 4.79 Å². The van der Waals surface area contributed by atoms with Crippen molar-refractivity contribution in [3.8, 4) is 0 Å². The minimum absolute atomic E-state index is 0.271. The highest BCUT2D eigenvalue weighted by Crippen LogP contribution is 2.17. The third kappa shape index (κ3) is 3.79. The lowest BCUT2D eigenvalue weighted by Gasteiger charge is -2.11. The van der Waals surface area contributed by atoms with E-state index in [1.165, 1.54) is 5.56 Å². The molecule has 0 radical (unpaired) electrons. The van der Waals surface area contributed by atoms with Crippen LogP contribution in [-0.2, 0) is 4.79 Å². The maximum atomic E-state index is 11.8. The van der Waals surface area contributed by atoms with Crippen LogP contribution < -0.4 is 5.32 Å². The van der Waals surface area contributed by atoms with E-state index in [4.69, 9.17) is 5.53 Å². The molecule has 0 spiro atoms. The van der Waals surface area contributed by atoms with Crippen LogP contribution in [0.15, 0.2) is 29.4 Å². The van der Waals surface area contributed by atoms with Crippen molar-refractivity contribution in [1.29, 1.82) is 0 Å². The zero-order valence-electron chi connectivity index (χ0n) is 10.9. The van der Waals surface area contributed by atoms with Crippen molar-refractivity contribution >= 4 is 11.6 Å². The smallest absolute Gasteiger partial charge is 0.233 e. The molecule has 1 aromatic carbocycles. The first-order valence-corrected chi connectivity index (χ1v) is 6.03. The Kier molecular flexibility index (Phi) is 5.21. The van der Waals surface area contributed by atoms with Crippen molar-refractivity contribution in [3.63, 3.8) is 0 Å². The Morgan fingerprint density at radius 1 is 1.39 bits per heavy atom. The van der Waals surface area contributed by atoms with E-state index >= 15 is 0 Å². The van der Waals surface area contributed by atoms with E-state index in [2.05, 4.69) is 29.2 Å². The first kappa shape index (κ1) is 14.1. The zero-order chi connectivity index (χ0) is 13.5. The van der Waals surface area contributed by atoms with E-state index in [-0.39, 0.29) is 5.91 Å². The topological polar surface area (TPSA) is 77.9 Å². The molecule has 0 aliphatic rings. The van der Waals surface area contributed by atoms with Crippen molar-refractivity contribution in [2.24, 2.45) is 5.11 Å². The number of nitrogens with one attached hydrogen (secondary N) is 1. The van der Waals surface area contributed by atoms with Crippen LogP contribution in [-0.4, -0.2) is 11.9 Å². The number of nitrogens with zero attached hydrogens (tertiary/aromatic N) is 3. The summed E-state index contributed by atoms with van der Waals surface area (Å²) in [6.45, 7) is 6.03. The minimum atomic E-state index is -0.653. The fourth-order valence-electron chi connectivity index (χ4n) is 1.56. The molecule has 1 unspecified atom stereocenters. The maximum absolute atomic E-state index is 11.8. The van der Waals surface area contributed by atoms with Crippen molar-refractivity contribution in [2.75, 3.05) is 5.32 Å². The van der Waals surface area contributed by atoms with Gasteiger partial charge in [0.2, 0.25) is 5.91 Å². The molecule has 0 aliphatic carbocycles. The van der Waals surface area contributed by atoms with Gasteiger partial charge in [0.05, 0.1) is 0 Å². The van der Waals surface area contributed by atoms with E-state index in [0.717, 1.165) is 5.69 Å². The summed E-state index contributed by atoms with van der Waals surface area (Å²) < 4.78 is 0. The monoisotopic (exact) mass is 246 g/mol. The molecule has 1 aromatic rings. The maximum Gasteiger partial charge on any atom is 0.233 e. The van der Waals surface area contributed by atoms with Crippen molar-refractivity contribution in [1.82, 2.24) is 0 Å². The molecule has 1 N–H and O–H groups in total. The molecule has 1 atom stereocenters. The second kappa shape index (κ2) is 6.67. The zero-order valence-corrected chi connectivity index (χ0v) is 10.9. The fourth-order valence-corrected chi connectivity index (χ4v) is 1.56. The van der Waals surface area contributed by atoms with Crippen LogP contribution in [0.1, 0.15) is 38.7 Å². The van der Waals surface area contributed by atoms with Crippen LogP contribution in [0.5, 0.6) is 0 Å². The summed E-state index contributed by atoms with van der Waals surface area (Å²) in [7, 11) is 0. The van der Waals surface area contributed by atoms with Crippen LogP contribution in [0.4, 0.5) is 5.69 Å². The van der Waals surface area contributed by atoms with Gasteiger partial charge in [-0.3, -0.25) is 4.79 Å². The van der Waals surface area contributed by atoms with Crippen molar-refractivity contribution in [2.45, 2.75) is 39.2 Å². The van der Waals surface area contributed by atoms with Gasteiger partial charge in [0.1, 0.15) is 6.04 Å². The largest absolute Gasteiger partial charge is 0.326 e. The normalized spacial score (nSPS) is 11.8.